The van der Waals surface area contributed by atoms with Gasteiger partial charge in [0.2, 0.25) is 0 Å². The van der Waals surface area contributed by atoms with Gasteiger partial charge >= 0.3 is 0 Å². The van der Waals surface area contributed by atoms with Crippen molar-refractivity contribution in [2.24, 2.45) is 5.92 Å². The largest absolute Gasteiger partial charge is 0.314 e. The van der Waals surface area contributed by atoms with Crippen molar-refractivity contribution in [1.82, 2.24) is 10.2 Å². The quantitative estimate of drug-likeness (QED) is 0.783. The minimum Gasteiger partial charge on any atom is -0.314 e. The summed E-state index contributed by atoms with van der Waals surface area (Å²) in [6.45, 7) is 7.16. The van der Waals surface area contributed by atoms with Crippen LogP contribution in [0.1, 0.15) is 44.4 Å². The number of hydrogen-bond donors (Lipinski definition) is 1. The first-order chi connectivity index (χ1) is 9.24. The highest BCUT2D eigenvalue weighted by atomic mass is 32.1. The molecule has 0 bridgehead atoms. The molecule has 3 heteroatoms. The van der Waals surface area contributed by atoms with Crippen molar-refractivity contribution in [2.45, 2.75) is 64.2 Å². The molecule has 0 aromatic carbocycles. The molecular weight excluding hydrogens is 252 g/mol. The fourth-order valence-corrected chi connectivity index (χ4v) is 3.44. The van der Waals surface area contributed by atoms with Gasteiger partial charge in [-0.3, -0.25) is 4.90 Å². The van der Waals surface area contributed by atoms with Crippen LogP contribution in [0.15, 0.2) is 17.5 Å². The molecule has 1 aromatic heterocycles. The molecule has 1 aromatic rings. The predicted octanol–water partition coefficient (Wildman–Crippen LogP) is 3.49. The Bertz CT molecular complexity index is 381. The van der Waals surface area contributed by atoms with Crippen molar-refractivity contribution in [2.75, 3.05) is 6.54 Å². The lowest BCUT2D eigenvalue weighted by Crippen LogP contribution is -2.42. The van der Waals surface area contributed by atoms with Crippen LogP contribution >= 0.6 is 11.3 Å². The van der Waals surface area contributed by atoms with E-state index >= 15 is 0 Å². The maximum absolute atomic E-state index is 3.69. The van der Waals surface area contributed by atoms with Crippen LogP contribution in [0.25, 0.3) is 0 Å². The summed E-state index contributed by atoms with van der Waals surface area (Å²) >= 11 is 1.90. The molecule has 2 aliphatic carbocycles. The Balaban J connectivity index is 1.55. The Kier molecular flexibility index (Phi) is 4.25. The summed E-state index contributed by atoms with van der Waals surface area (Å²) in [5, 5.41) is 5.88. The maximum atomic E-state index is 3.69. The Morgan fingerprint density at radius 3 is 2.68 bits per heavy atom. The van der Waals surface area contributed by atoms with Gasteiger partial charge in [0, 0.05) is 29.5 Å². The molecule has 0 aliphatic heterocycles. The third kappa shape index (κ3) is 3.80. The first-order valence-electron chi connectivity index (χ1n) is 7.75. The lowest BCUT2D eigenvalue weighted by molar-refractivity contribution is 0.143. The van der Waals surface area contributed by atoms with Gasteiger partial charge in [-0.15, -0.1) is 11.3 Å². The molecule has 1 N–H and O–H groups in total. The van der Waals surface area contributed by atoms with Crippen LogP contribution in [0, 0.1) is 5.92 Å². The van der Waals surface area contributed by atoms with Gasteiger partial charge in [0.25, 0.3) is 0 Å². The molecule has 19 heavy (non-hydrogen) atoms. The summed E-state index contributed by atoms with van der Waals surface area (Å²) in [4.78, 5) is 4.26. The van der Waals surface area contributed by atoms with Crippen molar-refractivity contribution in [3.8, 4) is 0 Å². The van der Waals surface area contributed by atoms with Crippen LogP contribution in [0.3, 0.4) is 0 Å². The van der Waals surface area contributed by atoms with Gasteiger partial charge in [0.15, 0.2) is 0 Å². The smallest absolute Gasteiger partial charge is 0.0333 e. The monoisotopic (exact) mass is 278 g/mol. The summed E-state index contributed by atoms with van der Waals surface area (Å²) in [6.07, 6.45) is 5.59. The van der Waals surface area contributed by atoms with Gasteiger partial charge < -0.3 is 5.32 Å². The standard InChI is InChI=1S/C16H26N2S/c1-12(10-17-14-5-6-14)13(2)18(15-7-8-15)11-16-4-3-9-19-16/h3-4,9,12-15,17H,5-8,10-11H2,1-2H3. The van der Waals surface area contributed by atoms with Gasteiger partial charge in [-0.25, -0.2) is 0 Å². The molecule has 1 heterocycles. The molecule has 2 saturated carbocycles. The van der Waals surface area contributed by atoms with E-state index in [-0.39, 0.29) is 0 Å². The van der Waals surface area contributed by atoms with E-state index in [0.717, 1.165) is 24.5 Å². The Morgan fingerprint density at radius 1 is 1.32 bits per heavy atom. The summed E-state index contributed by atoms with van der Waals surface area (Å²) < 4.78 is 0. The van der Waals surface area contributed by atoms with E-state index in [1.54, 1.807) is 0 Å². The van der Waals surface area contributed by atoms with Gasteiger partial charge in [-0.1, -0.05) is 13.0 Å². The molecular formula is C16H26N2S. The number of nitrogens with one attached hydrogen (secondary N) is 1. The van der Waals surface area contributed by atoms with E-state index in [1.165, 1.54) is 37.1 Å². The minimum atomic E-state index is 0.681. The van der Waals surface area contributed by atoms with Crippen molar-refractivity contribution in [1.29, 1.82) is 0 Å². The second kappa shape index (κ2) is 5.94. The molecule has 106 valence electrons. The topological polar surface area (TPSA) is 15.3 Å². The average molecular weight is 278 g/mol. The van der Waals surface area contributed by atoms with Crippen LogP contribution in [0.5, 0.6) is 0 Å². The summed E-state index contributed by atoms with van der Waals surface area (Å²) in [7, 11) is 0. The van der Waals surface area contributed by atoms with Crippen LogP contribution in [0.4, 0.5) is 0 Å². The van der Waals surface area contributed by atoms with E-state index in [9.17, 15) is 0 Å². The Labute approximate surface area is 121 Å². The SMILES string of the molecule is CC(CNC1CC1)C(C)N(Cc1cccs1)C1CC1. The molecule has 0 amide bonds. The highest BCUT2D eigenvalue weighted by Gasteiger charge is 2.34. The van der Waals surface area contributed by atoms with Gasteiger partial charge in [-0.2, -0.15) is 0 Å². The maximum Gasteiger partial charge on any atom is 0.0333 e. The Hall–Kier alpha value is -0.380. The lowest BCUT2D eigenvalue weighted by Gasteiger charge is -2.33. The van der Waals surface area contributed by atoms with E-state index in [4.69, 9.17) is 0 Å². The number of rotatable bonds is 8. The molecule has 0 radical (unpaired) electrons. The van der Waals surface area contributed by atoms with Crippen LogP contribution in [-0.4, -0.2) is 29.6 Å². The van der Waals surface area contributed by atoms with E-state index < -0.39 is 0 Å². The zero-order chi connectivity index (χ0) is 13.2. The highest BCUT2D eigenvalue weighted by molar-refractivity contribution is 7.09. The van der Waals surface area contributed by atoms with E-state index in [1.807, 2.05) is 11.3 Å². The number of nitrogens with zero attached hydrogens (tertiary/aromatic N) is 1. The zero-order valence-electron chi connectivity index (χ0n) is 12.1. The third-order valence-corrected chi connectivity index (χ3v) is 5.45. The van der Waals surface area contributed by atoms with Gasteiger partial charge in [0.05, 0.1) is 0 Å². The third-order valence-electron chi connectivity index (χ3n) is 4.59. The summed E-state index contributed by atoms with van der Waals surface area (Å²) in [6, 6.07) is 6.82. The predicted molar refractivity (Wildman–Crippen MR) is 82.5 cm³/mol. The van der Waals surface area contributed by atoms with E-state index in [0.29, 0.717) is 6.04 Å². The van der Waals surface area contributed by atoms with Crippen LogP contribution < -0.4 is 5.32 Å². The molecule has 2 fully saturated rings. The van der Waals surface area contributed by atoms with Crippen molar-refractivity contribution < 1.29 is 0 Å². The molecule has 2 aliphatic rings. The van der Waals surface area contributed by atoms with Crippen LogP contribution in [0.2, 0.25) is 0 Å². The normalized spacial score (nSPS) is 22.7. The molecule has 0 saturated heterocycles. The first-order valence-corrected chi connectivity index (χ1v) is 8.63. The summed E-state index contributed by atoms with van der Waals surface area (Å²) in [5.74, 6) is 0.737. The average Bonchev–Trinajstić information content (AvgIpc) is 3.33. The number of hydrogen-bond acceptors (Lipinski definition) is 3. The van der Waals surface area contributed by atoms with Crippen molar-refractivity contribution >= 4 is 11.3 Å². The number of thiophene rings is 1. The zero-order valence-corrected chi connectivity index (χ0v) is 13.0. The fraction of sp³-hybridized carbons (Fsp3) is 0.750. The molecule has 2 nitrogen and oxygen atoms in total. The van der Waals surface area contributed by atoms with Crippen molar-refractivity contribution in [3.63, 3.8) is 0 Å². The highest BCUT2D eigenvalue weighted by Crippen LogP contribution is 2.33. The molecule has 0 spiro atoms. The first kappa shape index (κ1) is 13.6. The second-order valence-electron chi connectivity index (χ2n) is 6.38. The van der Waals surface area contributed by atoms with Gasteiger partial charge in [0.1, 0.15) is 0 Å². The van der Waals surface area contributed by atoms with Gasteiger partial charge in [-0.05, 0) is 56.5 Å². The van der Waals surface area contributed by atoms with Crippen LogP contribution in [-0.2, 0) is 6.54 Å². The fourth-order valence-electron chi connectivity index (χ4n) is 2.73. The molecule has 3 rings (SSSR count). The molecule has 2 unspecified atom stereocenters. The molecule has 2 atom stereocenters. The minimum absolute atomic E-state index is 0.681. The second-order valence-corrected chi connectivity index (χ2v) is 7.42. The van der Waals surface area contributed by atoms with Crippen molar-refractivity contribution in [3.05, 3.63) is 22.4 Å². The Morgan fingerprint density at radius 2 is 2.11 bits per heavy atom. The van der Waals surface area contributed by atoms with E-state index in [2.05, 4.69) is 41.6 Å². The lowest BCUT2D eigenvalue weighted by atomic mass is 10.0. The summed E-state index contributed by atoms with van der Waals surface area (Å²) in [5.41, 5.74) is 0.